The third-order valence-corrected chi connectivity index (χ3v) is 3.92. The zero-order chi connectivity index (χ0) is 13.2. The van der Waals surface area contributed by atoms with Gasteiger partial charge in [0.05, 0.1) is 6.61 Å². The van der Waals surface area contributed by atoms with Gasteiger partial charge in [0.1, 0.15) is 6.61 Å². The van der Waals surface area contributed by atoms with Crippen molar-refractivity contribution in [1.82, 2.24) is 4.90 Å². The summed E-state index contributed by atoms with van der Waals surface area (Å²) in [5, 5.41) is 0. The third-order valence-electron chi connectivity index (χ3n) is 3.92. The zero-order valence-electron chi connectivity index (χ0n) is 10.5. The molecule has 0 spiro atoms. The normalized spacial score (nSPS) is 33.7. The highest BCUT2D eigenvalue weighted by atomic mass is 19.4. The van der Waals surface area contributed by atoms with Gasteiger partial charge in [0.15, 0.2) is 0 Å². The van der Waals surface area contributed by atoms with Gasteiger partial charge >= 0.3 is 6.18 Å². The zero-order valence-corrected chi connectivity index (χ0v) is 10.5. The predicted octanol–water partition coefficient (Wildman–Crippen LogP) is 1.91. The van der Waals surface area contributed by atoms with E-state index in [4.69, 9.17) is 10.5 Å². The summed E-state index contributed by atoms with van der Waals surface area (Å²) in [6.07, 6.45) is 1.15. The lowest BCUT2D eigenvalue weighted by atomic mass is 9.82. The van der Waals surface area contributed by atoms with E-state index in [-0.39, 0.29) is 12.6 Å². The van der Waals surface area contributed by atoms with Crippen LogP contribution in [0.4, 0.5) is 13.2 Å². The molecule has 0 aromatic heterocycles. The van der Waals surface area contributed by atoms with Gasteiger partial charge in [-0.15, -0.1) is 0 Å². The van der Waals surface area contributed by atoms with Crippen molar-refractivity contribution in [2.45, 2.75) is 56.4 Å². The van der Waals surface area contributed by atoms with Gasteiger partial charge in [0, 0.05) is 24.7 Å². The smallest absolute Gasteiger partial charge is 0.371 e. The van der Waals surface area contributed by atoms with E-state index in [9.17, 15) is 13.2 Å². The topological polar surface area (TPSA) is 38.5 Å². The van der Waals surface area contributed by atoms with Gasteiger partial charge in [-0.2, -0.15) is 13.2 Å². The van der Waals surface area contributed by atoms with E-state index in [1.54, 1.807) is 0 Å². The molecule has 2 atom stereocenters. The number of hydrogen-bond donors (Lipinski definition) is 1. The van der Waals surface area contributed by atoms with Crippen molar-refractivity contribution in [3.8, 4) is 0 Å². The van der Waals surface area contributed by atoms with Crippen molar-refractivity contribution in [3.05, 3.63) is 0 Å². The second-order valence-corrected chi connectivity index (χ2v) is 5.38. The molecule has 2 N–H and O–H groups in total. The molecule has 0 aromatic rings. The maximum atomic E-state index is 11.9. The van der Waals surface area contributed by atoms with E-state index in [2.05, 4.69) is 4.90 Å². The molecule has 2 rings (SSSR count). The van der Waals surface area contributed by atoms with E-state index in [0.717, 1.165) is 25.7 Å². The second kappa shape index (κ2) is 5.75. The molecule has 3 nitrogen and oxygen atoms in total. The summed E-state index contributed by atoms with van der Waals surface area (Å²) in [4.78, 5) is 2.31. The lowest BCUT2D eigenvalue weighted by Crippen LogP contribution is -2.56. The van der Waals surface area contributed by atoms with Crippen LogP contribution in [0.15, 0.2) is 0 Å². The van der Waals surface area contributed by atoms with Gasteiger partial charge in [-0.05, 0) is 25.7 Å². The summed E-state index contributed by atoms with van der Waals surface area (Å²) < 4.78 is 40.5. The number of ether oxygens (including phenoxy) is 1. The molecule has 0 aromatic carbocycles. The van der Waals surface area contributed by atoms with Gasteiger partial charge in [-0.25, -0.2) is 0 Å². The van der Waals surface area contributed by atoms with Crippen LogP contribution in [0.1, 0.15) is 32.1 Å². The monoisotopic (exact) mass is 266 g/mol. The molecular weight excluding hydrogens is 245 g/mol. The van der Waals surface area contributed by atoms with Crippen LogP contribution < -0.4 is 5.73 Å². The summed E-state index contributed by atoms with van der Waals surface area (Å²) in [5.74, 6) is 0. The predicted molar refractivity (Wildman–Crippen MR) is 62.2 cm³/mol. The first-order chi connectivity index (χ1) is 8.46. The number of alkyl halides is 3. The van der Waals surface area contributed by atoms with Gasteiger partial charge in [0.25, 0.3) is 0 Å². The lowest BCUT2D eigenvalue weighted by Gasteiger charge is -2.48. The molecule has 0 radical (unpaired) electrons. The Morgan fingerprint density at radius 1 is 1.17 bits per heavy atom. The van der Waals surface area contributed by atoms with Crippen molar-refractivity contribution >= 4 is 0 Å². The Morgan fingerprint density at radius 3 is 2.33 bits per heavy atom. The van der Waals surface area contributed by atoms with Crippen LogP contribution >= 0.6 is 0 Å². The fourth-order valence-corrected chi connectivity index (χ4v) is 3.24. The molecule has 6 heteroatoms. The molecule has 2 fully saturated rings. The third kappa shape index (κ3) is 3.83. The first-order valence-electron chi connectivity index (χ1n) is 6.61. The molecule has 0 saturated carbocycles. The van der Waals surface area contributed by atoms with Crippen LogP contribution in [-0.4, -0.2) is 49.0 Å². The molecule has 2 unspecified atom stereocenters. The number of hydrogen-bond acceptors (Lipinski definition) is 3. The first kappa shape index (κ1) is 14.1. The Labute approximate surface area is 105 Å². The van der Waals surface area contributed by atoms with E-state index >= 15 is 0 Å². The van der Waals surface area contributed by atoms with Crippen molar-refractivity contribution in [3.63, 3.8) is 0 Å². The molecule has 106 valence electrons. The first-order valence-corrected chi connectivity index (χ1v) is 6.61. The summed E-state index contributed by atoms with van der Waals surface area (Å²) in [6.45, 7) is -0.393. The summed E-state index contributed by atoms with van der Waals surface area (Å²) in [7, 11) is 0. The maximum Gasteiger partial charge on any atom is 0.411 e. The minimum Gasteiger partial charge on any atom is -0.371 e. The minimum absolute atomic E-state index is 0.155. The van der Waals surface area contributed by atoms with Crippen LogP contribution in [0.25, 0.3) is 0 Å². The molecule has 2 saturated heterocycles. The number of halogens is 3. The standard InChI is InChI=1S/C12H21F3N2O/c13-12(14,15)8-18-5-4-17-10-2-1-3-11(17)7-9(16)6-10/h9-11H,1-8,16H2. The molecule has 18 heavy (non-hydrogen) atoms. The highest BCUT2D eigenvalue weighted by Crippen LogP contribution is 2.33. The Morgan fingerprint density at radius 2 is 1.78 bits per heavy atom. The van der Waals surface area contributed by atoms with Crippen LogP contribution in [0.5, 0.6) is 0 Å². The average Bonchev–Trinajstić information content (AvgIpc) is 2.23. The molecule has 0 aliphatic carbocycles. The summed E-state index contributed by atoms with van der Waals surface area (Å²) in [5.41, 5.74) is 5.99. The van der Waals surface area contributed by atoms with Crippen LogP contribution in [-0.2, 0) is 4.74 Å². The molecule has 0 amide bonds. The fraction of sp³-hybridized carbons (Fsp3) is 1.00. The molecule has 2 aliphatic rings. The van der Waals surface area contributed by atoms with Gasteiger partial charge in [0.2, 0.25) is 0 Å². The quantitative estimate of drug-likeness (QED) is 0.790. The average molecular weight is 266 g/mol. The SMILES string of the molecule is NC1CC2CCCC(C1)N2CCOCC(F)(F)F. The minimum atomic E-state index is -4.22. The van der Waals surface area contributed by atoms with Crippen molar-refractivity contribution in [1.29, 1.82) is 0 Å². The number of nitrogens with two attached hydrogens (primary N) is 1. The molecular formula is C12H21F3N2O. The highest BCUT2D eigenvalue weighted by Gasteiger charge is 2.36. The second-order valence-electron chi connectivity index (χ2n) is 5.38. The van der Waals surface area contributed by atoms with Gasteiger partial charge in [-0.1, -0.05) is 6.42 Å². The van der Waals surface area contributed by atoms with Crippen molar-refractivity contribution in [2.75, 3.05) is 19.8 Å². The summed E-state index contributed by atoms with van der Waals surface area (Å²) >= 11 is 0. The fourth-order valence-electron chi connectivity index (χ4n) is 3.24. The maximum absolute atomic E-state index is 11.9. The number of fused-ring (bicyclic) bond motifs is 2. The molecule has 2 aliphatic heterocycles. The molecule has 2 bridgehead atoms. The highest BCUT2D eigenvalue weighted by molar-refractivity contribution is 4.93. The van der Waals surface area contributed by atoms with E-state index in [0.29, 0.717) is 18.6 Å². The van der Waals surface area contributed by atoms with Gasteiger partial charge < -0.3 is 10.5 Å². The van der Waals surface area contributed by atoms with Gasteiger partial charge in [-0.3, -0.25) is 4.90 Å². The van der Waals surface area contributed by atoms with Crippen molar-refractivity contribution < 1.29 is 17.9 Å². The Bertz CT molecular complexity index is 259. The van der Waals surface area contributed by atoms with Crippen LogP contribution in [0.2, 0.25) is 0 Å². The largest absolute Gasteiger partial charge is 0.411 e. The van der Waals surface area contributed by atoms with E-state index < -0.39 is 12.8 Å². The Kier molecular flexibility index (Phi) is 4.50. The van der Waals surface area contributed by atoms with Crippen LogP contribution in [0.3, 0.4) is 0 Å². The lowest BCUT2D eigenvalue weighted by molar-refractivity contribution is -0.175. The molecule has 2 heterocycles. The van der Waals surface area contributed by atoms with E-state index in [1.165, 1.54) is 6.42 Å². The number of nitrogens with zero attached hydrogens (tertiary/aromatic N) is 1. The Balaban J connectivity index is 1.75. The van der Waals surface area contributed by atoms with Crippen LogP contribution in [0, 0.1) is 0 Å². The van der Waals surface area contributed by atoms with E-state index in [1.807, 2.05) is 0 Å². The number of rotatable bonds is 4. The number of piperidine rings is 2. The summed E-state index contributed by atoms with van der Waals surface area (Å²) in [6, 6.07) is 1.15. The van der Waals surface area contributed by atoms with Crippen molar-refractivity contribution in [2.24, 2.45) is 5.73 Å². The Hall–Kier alpha value is -0.330.